The van der Waals surface area contributed by atoms with Crippen LogP contribution in [-0.2, 0) is 9.53 Å². The average molecular weight is 197 g/mol. The molecule has 1 unspecified atom stereocenters. The van der Waals surface area contributed by atoms with E-state index in [2.05, 4.69) is 5.32 Å². The molecular formula is C10H15NO3. The molecule has 0 aliphatic carbocycles. The summed E-state index contributed by atoms with van der Waals surface area (Å²) in [6.45, 7) is 5.35. The summed E-state index contributed by atoms with van der Waals surface area (Å²) in [6, 6.07) is 0. The molecule has 4 nitrogen and oxygen atoms in total. The van der Waals surface area contributed by atoms with Crippen molar-refractivity contribution < 1.29 is 14.6 Å². The lowest BCUT2D eigenvalue weighted by molar-refractivity contribution is -0.150. The zero-order chi connectivity index (χ0) is 10.8. The van der Waals surface area contributed by atoms with E-state index in [9.17, 15) is 9.90 Å². The molecule has 1 atom stereocenters. The van der Waals surface area contributed by atoms with Crippen LogP contribution in [0.2, 0.25) is 0 Å². The van der Waals surface area contributed by atoms with Crippen LogP contribution in [0, 0.1) is 0 Å². The zero-order valence-electron chi connectivity index (χ0n) is 8.57. The zero-order valence-corrected chi connectivity index (χ0v) is 8.57. The molecule has 0 radical (unpaired) electrons. The number of nitrogens with one attached hydrogen (secondary N) is 1. The van der Waals surface area contributed by atoms with E-state index in [1.165, 1.54) is 12.3 Å². The molecule has 0 saturated heterocycles. The highest BCUT2D eigenvalue weighted by atomic mass is 16.6. The van der Waals surface area contributed by atoms with Crippen LogP contribution < -0.4 is 5.32 Å². The van der Waals surface area contributed by atoms with Gasteiger partial charge in [-0.2, -0.15) is 0 Å². The highest BCUT2D eigenvalue weighted by molar-refractivity contribution is 5.90. The van der Waals surface area contributed by atoms with Gasteiger partial charge in [-0.25, -0.2) is 4.79 Å². The first-order chi connectivity index (χ1) is 6.40. The molecular weight excluding hydrogens is 182 g/mol. The Labute approximate surface area is 83.3 Å². The van der Waals surface area contributed by atoms with Gasteiger partial charge in [0.1, 0.15) is 11.7 Å². The van der Waals surface area contributed by atoms with Crippen molar-refractivity contribution in [3.05, 3.63) is 24.0 Å². The van der Waals surface area contributed by atoms with E-state index >= 15 is 0 Å². The van der Waals surface area contributed by atoms with Gasteiger partial charge in [0, 0.05) is 6.20 Å². The predicted octanol–water partition coefficient (Wildman–Crippen LogP) is 0.690. The van der Waals surface area contributed by atoms with E-state index in [-0.39, 0.29) is 5.57 Å². The third-order valence-corrected chi connectivity index (χ3v) is 1.57. The highest BCUT2D eigenvalue weighted by Crippen LogP contribution is 2.14. The van der Waals surface area contributed by atoms with E-state index < -0.39 is 17.7 Å². The van der Waals surface area contributed by atoms with Crippen molar-refractivity contribution in [3.63, 3.8) is 0 Å². The summed E-state index contributed by atoms with van der Waals surface area (Å²) >= 11 is 0. The maximum Gasteiger partial charge on any atom is 0.339 e. The first-order valence-electron chi connectivity index (χ1n) is 4.44. The molecule has 0 aromatic rings. The molecule has 0 spiro atoms. The van der Waals surface area contributed by atoms with Gasteiger partial charge in [0.15, 0.2) is 0 Å². The molecule has 2 N–H and O–H groups in total. The van der Waals surface area contributed by atoms with E-state index in [0.717, 1.165) is 0 Å². The van der Waals surface area contributed by atoms with Gasteiger partial charge in [-0.1, -0.05) is 0 Å². The third-order valence-electron chi connectivity index (χ3n) is 1.57. The second-order valence-corrected chi connectivity index (χ2v) is 4.07. The Balaban J connectivity index is 2.66. The summed E-state index contributed by atoms with van der Waals surface area (Å²) in [5.41, 5.74) is -0.318. The molecule has 0 aromatic heterocycles. The number of hydrogen-bond donors (Lipinski definition) is 2. The molecule has 0 amide bonds. The van der Waals surface area contributed by atoms with Gasteiger partial charge in [0.2, 0.25) is 0 Å². The maximum atomic E-state index is 11.5. The number of hydrogen-bond acceptors (Lipinski definition) is 4. The van der Waals surface area contributed by atoms with Gasteiger partial charge in [0.25, 0.3) is 0 Å². The summed E-state index contributed by atoms with van der Waals surface area (Å²) in [6.07, 6.45) is 3.61. The SMILES string of the molecule is CC(C)(C)OC(=O)C1=CNC=CC1O. The fourth-order valence-corrected chi connectivity index (χ4v) is 0.990. The molecule has 0 bridgehead atoms. The fraction of sp³-hybridized carbons (Fsp3) is 0.500. The van der Waals surface area contributed by atoms with Crippen molar-refractivity contribution in [2.24, 2.45) is 0 Å². The standard InChI is InChI=1S/C10H15NO3/c1-10(2,3)14-9(13)7-6-11-5-4-8(7)12/h4-6,8,11-12H,1-3H3. The van der Waals surface area contributed by atoms with Crippen LogP contribution in [0.15, 0.2) is 24.0 Å². The summed E-state index contributed by atoms with van der Waals surface area (Å²) in [5.74, 6) is -0.498. The number of rotatable bonds is 1. The monoisotopic (exact) mass is 197 g/mol. The quantitative estimate of drug-likeness (QED) is 0.607. The van der Waals surface area contributed by atoms with E-state index in [1.807, 2.05) is 0 Å². The van der Waals surface area contributed by atoms with Crippen LogP contribution in [0.3, 0.4) is 0 Å². The summed E-state index contributed by atoms with van der Waals surface area (Å²) in [5, 5.41) is 12.2. The van der Waals surface area contributed by atoms with Crippen molar-refractivity contribution in [3.8, 4) is 0 Å². The van der Waals surface area contributed by atoms with Crippen LogP contribution in [0.25, 0.3) is 0 Å². The second-order valence-electron chi connectivity index (χ2n) is 4.07. The van der Waals surface area contributed by atoms with Gasteiger partial charge in [0.05, 0.1) is 5.57 Å². The normalized spacial score (nSPS) is 21.1. The summed E-state index contributed by atoms with van der Waals surface area (Å²) < 4.78 is 5.11. The largest absolute Gasteiger partial charge is 0.456 e. The maximum absolute atomic E-state index is 11.5. The Morgan fingerprint density at radius 1 is 1.57 bits per heavy atom. The van der Waals surface area contributed by atoms with E-state index in [1.54, 1.807) is 27.0 Å². The van der Waals surface area contributed by atoms with Gasteiger partial charge in [-0.15, -0.1) is 0 Å². The lowest BCUT2D eigenvalue weighted by Gasteiger charge is -2.22. The van der Waals surface area contributed by atoms with E-state index in [4.69, 9.17) is 4.74 Å². The molecule has 1 aliphatic heterocycles. The van der Waals surface area contributed by atoms with Crippen molar-refractivity contribution in [2.75, 3.05) is 0 Å². The fourth-order valence-electron chi connectivity index (χ4n) is 0.990. The highest BCUT2D eigenvalue weighted by Gasteiger charge is 2.24. The molecule has 4 heteroatoms. The summed E-state index contributed by atoms with van der Waals surface area (Å²) in [7, 11) is 0. The molecule has 1 aliphatic rings. The van der Waals surface area contributed by atoms with Gasteiger partial charge < -0.3 is 15.2 Å². The number of carbonyl (C=O) groups excluding carboxylic acids is 1. The summed E-state index contributed by atoms with van der Waals surface area (Å²) in [4.78, 5) is 11.5. The number of carbonyl (C=O) groups is 1. The lowest BCUT2D eigenvalue weighted by Crippen LogP contribution is -2.30. The van der Waals surface area contributed by atoms with Crippen LogP contribution in [0.4, 0.5) is 0 Å². The molecule has 0 fully saturated rings. The van der Waals surface area contributed by atoms with Crippen LogP contribution in [0.5, 0.6) is 0 Å². The third kappa shape index (κ3) is 2.88. The number of aliphatic hydroxyl groups excluding tert-OH is 1. The lowest BCUT2D eigenvalue weighted by atomic mass is 10.1. The van der Waals surface area contributed by atoms with Crippen molar-refractivity contribution in [2.45, 2.75) is 32.5 Å². The minimum Gasteiger partial charge on any atom is -0.456 e. The molecule has 1 rings (SSSR count). The topological polar surface area (TPSA) is 58.6 Å². The Morgan fingerprint density at radius 3 is 2.71 bits per heavy atom. The number of dihydropyridines is 1. The minimum atomic E-state index is -0.883. The Bertz CT molecular complexity index is 286. The van der Waals surface area contributed by atoms with Gasteiger partial charge in [-0.3, -0.25) is 0 Å². The van der Waals surface area contributed by atoms with Crippen molar-refractivity contribution in [1.29, 1.82) is 0 Å². The van der Waals surface area contributed by atoms with Crippen LogP contribution in [0.1, 0.15) is 20.8 Å². The molecule has 1 heterocycles. The Kier molecular flexibility index (Phi) is 2.96. The van der Waals surface area contributed by atoms with Crippen molar-refractivity contribution in [1.82, 2.24) is 5.32 Å². The second kappa shape index (κ2) is 3.84. The smallest absolute Gasteiger partial charge is 0.339 e. The first-order valence-corrected chi connectivity index (χ1v) is 4.44. The number of esters is 1. The number of aliphatic hydroxyl groups is 1. The predicted molar refractivity (Wildman–Crippen MR) is 52.2 cm³/mol. The number of ether oxygens (including phenoxy) is 1. The average Bonchev–Trinajstić information content (AvgIpc) is 2.01. The van der Waals surface area contributed by atoms with E-state index in [0.29, 0.717) is 0 Å². The molecule has 0 aromatic carbocycles. The van der Waals surface area contributed by atoms with Crippen LogP contribution in [-0.4, -0.2) is 22.8 Å². The van der Waals surface area contributed by atoms with Crippen molar-refractivity contribution >= 4 is 5.97 Å². The van der Waals surface area contributed by atoms with Crippen LogP contribution >= 0.6 is 0 Å². The molecule has 0 saturated carbocycles. The minimum absolute atomic E-state index is 0.224. The molecule has 78 valence electrons. The van der Waals surface area contributed by atoms with Gasteiger partial charge >= 0.3 is 5.97 Å². The first kappa shape index (κ1) is 10.8. The molecule has 14 heavy (non-hydrogen) atoms. The Hall–Kier alpha value is -1.29. The Morgan fingerprint density at radius 2 is 2.21 bits per heavy atom. The van der Waals surface area contributed by atoms with Gasteiger partial charge in [-0.05, 0) is 33.0 Å².